The number of morpholine rings is 1. The molecule has 4 aliphatic rings. The molecular weight excluding hydrogens is 747 g/mol. The van der Waals surface area contributed by atoms with Crippen molar-refractivity contribution in [2.45, 2.75) is 95.1 Å². The van der Waals surface area contributed by atoms with E-state index < -0.39 is 44.8 Å². The van der Waals surface area contributed by atoms with Gasteiger partial charge in [0.1, 0.15) is 23.4 Å². The third-order valence-electron chi connectivity index (χ3n) is 11.3. The number of carbonyl (C=O) groups is 3. The number of likely N-dealkylation sites (tertiary alicyclic amines) is 1. The molecule has 7 rings (SSSR count). The second-order valence-corrected chi connectivity index (χ2v) is 18.2. The van der Waals surface area contributed by atoms with Gasteiger partial charge in [0.15, 0.2) is 0 Å². The van der Waals surface area contributed by atoms with Gasteiger partial charge in [-0.2, -0.15) is 0 Å². The van der Waals surface area contributed by atoms with E-state index in [-0.39, 0.29) is 43.6 Å². The number of hydrogen-bond acceptors (Lipinski definition) is 10. The summed E-state index contributed by atoms with van der Waals surface area (Å²) in [5, 5.41) is 3.96. The SMILES string of the molecule is CCCC/C=C\[C@@H]1C[C@]1(NC(=O)[C@@H]1C[C@@H](Oc2nc(-c3ccc(N4CCOCC4)cc3)cc3cc(OC)ccc23)CN1C(=O)CC(C)C)C(=O)NS(=O)(=O)C1CC1. The topological polar surface area (TPSA) is 156 Å². The molecule has 4 fully saturated rings. The molecule has 2 saturated heterocycles. The molecule has 2 saturated carbocycles. The smallest absolute Gasteiger partial charge is 0.259 e. The minimum Gasteiger partial charge on any atom is -0.497 e. The molecule has 3 amide bonds. The minimum absolute atomic E-state index is 0.0407. The number of hydrogen-bond donors (Lipinski definition) is 2. The Morgan fingerprint density at radius 1 is 1.07 bits per heavy atom. The summed E-state index contributed by atoms with van der Waals surface area (Å²) in [6.45, 7) is 9.16. The van der Waals surface area contributed by atoms with Crippen molar-refractivity contribution in [3.8, 4) is 22.9 Å². The number of carbonyl (C=O) groups excluding carboxylic acids is 3. The zero-order chi connectivity index (χ0) is 40.3. The number of nitrogens with one attached hydrogen (secondary N) is 2. The molecule has 57 heavy (non-hydrogen) atoms. The Labute approximate surface area is 335 Å². The molecule has 0 unspecified atom stereocenters. The number of fused-ring (bicyclic) bond motifs is 1. The first-order chi connectivity index (χ1) is 27.4. The fraction of sp³-hybridized carbons (Fsp3) is 0.535. The fourth-order valence-corrected chi connectivity index (χ4v) is 9.18. The average molecular weight is 802 g/mol. The van der Waals surface area contributed by atoms with Gasteiger partial charge >= 0.3 is 0 Å². The van der Waals surface area contributed by atoms with Crippen molar-refractivity contribution in [3.63, 3.8) is 0 Å². The van der Waals surface area contributed by atoms with Crippen LogP contribution >= 0.6 is 0 Å². The summed E-state index contributed by atoms with van der Waals surface area (Å²) in [5.74, 6) is -0.742. The zero-order valence-corrected chi connectivity index (χ0v) is 34.2. The van der Waals surface area contributed by atoms with Crippen LogP contribution in [0.3, 0.4) is 0 Å². The predicted molar refractivity (Wildman–Crippen MR) is 218 cm³/mol. The Morgan fingerprint density at radius 3 is 2.51 bits per heavy atom. The van der Waals surface area contributed by atoms with E-state index in [0.29, 0.717) is 43.4 Å². The summed E-state index contributed by atoms with van der Waals surface area (Å²) in [6, 6.07) is 14.9. The number of pyridine rings is 1. The maximum absolute atomic E-state index is 14.3. The van der Waals surface area contributed by atoms with Gasteiger partial charge in [0, 0.05) is 48.5 Å². The number of aromatic nitrogens is 1. The molecule has 13 nitrogen and oxygen atoms in total. The van der Waals surface area contributed by atoms with Crippen molar-refractivity contribution < 1.29 is 37.0 Å². The lowest BCUT2D eigenvalue weighted by atomic mass is 10.1. The van der Waals surface area contributed by atoms with E-state index in [9.17, 15) is 22.8 Å². The molecule has 3 aromatic rings. The van der Waals surface area contributed by atoms with Gasteiger partial charge in [-0.05, 0) is 73.4 Å². The molecule has 0 spiro atoms. The van der Waals surface area contributed by atoms with Crippen LogP contribution in [0.2, 0.25) is 0 Å². The highest BCUT2D eigenvalue weighted by atomic mass is 32.2. The molecule has 0 radical (unpaired) electrons. The molecule has 4 atom stereocenters. The Balaban J connectivity index is 1.15. The van der Waals surface area contributed by atoms with Gasteiger partial charge < -0.3 is 29.3 Å². The molecule has 2 aliphatic carbocycles. The Morgan fingerprint density at radius 2 is 1.82 bits per heavy atom. The Hall–Kier alpha value is -4.69. The highest BCUT2D eigenvalue weighted by Crippen LogP contribution is 2.46. The highest BCUT2D eigenvalue weighted by Gasteiger charge is 2.62. The maximum Gasteiger partial charge on any atom is 0.259 e. The third-order valence-corrected chi connectivity index (χ3v) is 13.2. The number of sulfonamides is 1. The summed E-state index contributed by atoms with van der Waals surface area (Å²) in [7, 11) is -2.24. The summed E-state index contributed by atoms with van der Waals surface area (Å²) < 4.78 is 45.7. The van der Waals surface area contributed by atoms with Crippen LogP contribution in [0.4, 0.5) is 5.69 Å². The lowest BCUT2D eigenvalue weighted by molar-refractivity contribution is -0.140. The number of methoxy groups -OCH3 is 1. The van der Waals surface area contributed by atoms with E-state index in [0.717, 1.165) is 54.4 Å². The van der Waals surface area contributed by atoms with Crippen LogP contribution in [-0.2, 0) is 29.1 Å². The monoisotopic (exact) mass is 801 g/mol. The van der Waals surface area contributed by atoms with E-state index in [1.165, 1.54) is 0 Å². The molecule has 2 aromatic carbocycles. The number of benzene rings is 2. The minimum atomic E-state index is -3.85. The molecule has 2 aliphatic heterocycles. The number of nitrogens with zero attached hydrogens (tertiary/aromatic N) is 3. The average Bonchev–Trinajstić information content (AvgIpc) is 4.13. The van der Waals surface area contributed by atoms with Crippen LogP contribution < -0.4 is 24.4 Å². The van der Waals surface area contributed by atoms with Gasteiger partial charge in [-0.3, -0.25) is 19.1 Å². The first-order valence-corrected chi connectivity index (χ1v) is 21.9. The van der Waals surface area contributed by atoms with Gasteiger partial charge in [-0.1, -0.05) is 57.9 Å². The normalized spacial score (nSPS) is 23.6. The van der Waals surface area contributed by atoms with E-state index >= 15 is 0 Å². The number of rotatable bonds is 16. The zero-order valence-electron chi connectivity index (χ0n) is 33.4. The van der Waals surface area contributed by atoms with E-state index in [1.807, 2.05) is 62.4 Å². The van der Waals surface area contributed by atoms with Crippen LogP contribution in [0, 0.1) is 11.8 Å². The quantitative estimate of drug-likeness (QED) is 0.143. The third kappa shape index (κ3) is 9.22. The van der Waals surface area contributed by atoms with Crippen molar-refractivity contribution in [1.29, 1.82) is 0 Å². The number of ether oxygens (including phenoxy) is 3. The number of allylic oxidation sites excluding steroid dienone is 1. The second-order valence-electron chi connectivity index (χ2n) is 16.2. The molecule has 0 bridgehead atoms. The van der Waals surface area contributed by atoms with Gasteiger partial charge in [0.2, 0.25) is 27.7 Å². The van der Waals surface area contributed by atoms with Gasteiger partial charge in [0.25, 0.3) is 5.91 Å². The summed E-state index contributed by atoms with van der Waals surface area (Å²) >= 11 is 0. The van der Waals surface area contributed by atoms with Crippen molar-refractivity contribution in [1.82, 2.24) is 19.9 Å². The van der Waals surface area contributed by atoms with E-state index in [2.05, 4.69) is 34.0 Å². The van der Waals surface area contributed by atoms with Gasteiger partial charge in [-0.15, -0.1) is 0 Å². The van der Waals surface area contributed by atoms with E-state index in [4.69, 9.17) is 19.2 Å². The van der Waals surface area contributed by atoms with Crippen LogP contribution in [-0.4, -0.2) is 98.9 Å². The number of anilines is 1. The van der Waals surface area contributed by atoms with Crippen molar-refractivity contribution in [2.24, 2.45) is 11.8 Å². The standard InChI is InChI=1S/C43H55N5O8S/c1-5-6-7-8-9-31-26-43(31,42(51)46-57(52,53)35-15-16-35)45-40(50)38-25-34(27-48(38)39(49)22-28(2)3)56-41-36-17-14-33(54-4)23-30(36)24-37(44-41)29-10-12-32(13-11-29)47-18-20-55-21-19-47/h8-14,17,23-24,28,31,34-35,38H,5-7,15-16,18-22,25-27H2,1-4H3,(H,45,50)(H,46,51)/b9-8-/t31-,34-,38+,43-/m1/s1. The molecule has 14 heteroatoms. The molecule has 1 aromatic heterocycles. The predicted octanol–water partition coefficient (Wildman–Crippen LogP) is 5.37. The van der Waals surface area contributed by atoms with Gasteiger partial charge in [-0.25, -0.2) is 13.4 Å². The molecule has 2 N–H and O–H groups in total. The first-order valence-electron chi connectivity index (χ1n) is 20.3. The first kappa shape index (κ1) is 40.5. The number of unbranched alkanes of at least 4 members (excludes halogenated alkanes) is 2. The Bertz CT molecular complexity index is 2100. The second kappa shape index (κ2) is 17.0. The molecule has 306 valence electrons. The van der Waals surface area contributed by atoms with Gasteiger partial charge in [0.05, 0.1) is 37.8 Å². The van der Waals surface area contributed by atoms with Crippen LogP contribution in [0.15, 0.2) is 60.7 Å². The highest BCUT2D eigenvalue weighted by molar-refractivity contribution is 7.91. The lowest BCUT2D eigenvalue weighted by Gasteiger charge is -2.28. The maximum atomic E-state index is 14.3. The number of amides is 3. The summed E-state index contributed by atoms with van der Waals surface area (Å²) in [6.07, 6.45) is 7.73. The van der Waals surface area contributed by atoms with E-state index in [1.54, 1.807) is 12.0 Å². The van der Waals surface area contributed by atoms with Crippen LogP contribution in [0.1, 0.15) is 72.1 Å². The Kier molecular flexibility index (Phi) is 12.1. The van der Waals surface area contributed by atoms with Crippen LogP contribution in [0.5, 0.6) is 11.6 Å². The largest absolute Gasteiger partial charge is 0.497 e. The van der Waals surface area contributed by atoms with Crippen LogP contribution in [0.25, 0.3) is 22.0 Å². The summed E-state index contributed by atoms with van der Waals surface area (Å²) in [4.78, 5) is 50.7. The molecule has 3 heterocycles. The molecular formula is C43H55N5O8S. The lowest BCUT2D eigenvalue weighted by Crippen LogP contribution is -2.56. The van der Waals surface area contributed by atoms with Crippen molar-refractivity contribution >= 4 is 44.2 Å². The fourth-order valence-electron chi connectivity index (χ4n) is 7.81. The van der Waals surface area contributed by atoms with Crippen molar-refractivity contribution in [2.75, 3.05) is 44.9 Å². The summed E-state index contributed by atoms with van der Waals surface area (Å²) in [5.41, 5.74) is 1.26. The van der Waals surface area contributed by atoms with Crippen molar-refractivity contribution in [3.05, 3.63) is 60.7 Å².